The number of piperidine rings is 1. The van der Waals surface area contributed by atoms with Gasteiger partial charge in [0.15, 0.2) is 0 Å². The van der Waals surface area contributed by atoms with Crippen LogP contribution in [0.25, 0.3) is 11.0 Å². The second-order valence-corrected chi connectivity index (χ2v) is 8.04. The first-order valence-electron chi connectivity index (χ1n) is 11.0. The summed E-state index contributed by atoms with van der Waals surface area (Å²) >= 11 is 0. The van der Waals surface area contributed by atoms with Crippen LogP contribution in [-0.2, 0) is 19.4 Å². The van der Waals surface area contributed by atoms with Crippen LogP contribution in [0.1, 0.15) is 54.0 Å². The summed E-state index contributed by atoms with van der Waals surface area (Å²) in [6.07, 6.45) is 3.68. The number of benzene rings is 2. The number of nitrogens with zero attached hydrogens (tertiary/aromatic N) is 3. The molecule has 1 fully saturated rings. The first kappa shape index (κ1) is 20.5. The molecule has 1 N–H and O–H groups in total. The smallest absolute Gasteiger partial charge is 0.251 e. The molecule has 0 bridgehead atoms. The largest absolute Gasteiger partial charge is 0.349 e. The van der Waals surface area contributed by atoms with Gasteiger partial charge < -0.3 is 5.32 Å². The maximum absolute atomic E-state index is 12.8. The van der Waals surface area contributed by atoms with E-state index in [1.54, 1.807) is 0 Å². The van der Waals surface area contributed by atoms with Crippen molar-refractivity contribution in [1.82, 2.24) is 20.2 Å². The average Bonchev–Trinajstić information content (AvgIpc) is 2.79. The Kier molecular flexibility index (Phi) is 6.38. The minimum atomic E-state index is -0.0159. The summed E-state index contributed by atoms with van der Waals surface area (Å²) < 4.78 is 0. The fourth-order valence-electron chi connectivity index (χ4n) is 4.18. The molecule has 0 atom stereocenters. The van der Waals surface area contributed by atoms with Crippen molar-refractivity contribution in [2.75, 3.05) is 13.1 Å². The number of hydrogen-bond donors (Lipinski definition) is 1. The fraction of sp³-hybridized carbons (Fsp3) is 0.400. The molecule has 0 radical (unpaired) electrons. The lowest BCUT2D eigenvalue weighted by atomic mass is 10.0. The van der Waals surface area contributed by atoms with Gasteiger partial charge in [-0.3, -0.25) is 9.69 Å². The highest BCUT2D eigenvalue weighted by Gasteiger charge is 2.21. The van der Waals surface area contributed by atoms with Crippen LogP contribution in [0.3, 0.4) is 0 Å². The van der Waals surface area contributed by atoms with Crippen LogP contribution in [0.5, 0.6) is 0 Å². The van der Waals surface area contributed by atoms with Gasteiger partial charge in [-0.05, 0) is 49.4 Å². The van der Waals surface area contributed by atoms with Crippen LogP contribution in [0, 0.1) is 0 Å². The predicted molar refractivity (Wildman–Crippen MR) is 121 cm³/mol. The summed E-state index contributed by atoms with van der Waals surface area (Å²) in [6.45, 7) is 7.17. The summed E-state index contributed by atoms with van der Waals surface area (Å²) in [5.74, 6) is -0.0159. The Morgan fingerprint density at radius 3 is 2.30 bits per heavy atom. The fourth-order valence-corrected chi connectivity index (χ4v) is 4.18. The maximum atomic E-state index is 12.8. The van der Waals surface area contributed by atoms with E-state index in [0.717, 1.165) is 67.7 Å². The Hall–Kier alpha value is -2.79. The van der Waals surface area contributed by atoms with E-state index in [4.69, 9.17) is 9.97 Å². The number of aryl methyl sites for hydroxylation is 2. The number of nitrogens with one attached hydrogen (secondary N) is 1. The molecular formula is C25H30N4O. The lowest BCUT2D eigenvalue weighted by molar-refractivity contribution is 0.0909. The van der Waals surface area contributed by atoms with Gasteiger partial charge in [-0.2, -0.15) is 0 Å². The zero-order chi connectivity index (χ0) is 20.9. The average molecular weight is 403 g/mol. The first-order valence-corrected chi connectivity index (χ1v) is 11.0. The van der Waals surface area contributed by atoms with Crippen molar-refractivity contribution in [3.05, 3.63) is 71.0 Å². The van der Waals surface area contributed by atoms with Crippen molar-refractivity contribution in [3.63, 3.8) is 0 Å². The Morgan fingerprint density at radius 1 is 0.967 bits per heavy atom. The van der Waals surface area contributed by atoms with E-state index < -0.39 is 0 Å². The predicted octanol–water partition coefficient (Wildman–Crippen LogP) is 4.15. The normalized spacial score (nSPS) is 15.4. The van der Waals surface area contributed by atoms with E-state index in [2.05, 4.69) is 54.4 Å². The summed E-state index contributed by atoms with van der Waals surface area (Å²) in [7, 11) is 0. The molecular weight excluding hydrogens is 372 g/mol. The van der Waals surface area contributed by atoms with Crippen molar-refractivity contribution in [2.45, 2.75) is 52.1 Å². The summed E-state index contributed by atoms with van der Waals surface area (Å²) in [5, 5.41) is 3.22. The molecule has 1 aliphatic rings. The molecule has 156 valence electrons. The third kappa shape index (κ3) is 4.68. The van der Waals surface area contributed by atoms with Crippen molar-refractivity contribution < 1.29 is 4.79 Å². The Morgan fingerprint density at radius 2 is 1.63 bits per heavy atom. The maximum Gasteiger partial charge on any atom is 0.251 e. The summed E-state index contributed by atoms with van der Waals surface area (Å²) in [6, 6.07) is 16.4. The van der Waals surface area contributed by atoms with E-state index in [-0.39, 0.29) is 11.9 Å². The van der Waals surface area contributed by atoms with Crippen LogP contribution >= 0.6 is 0 Å². The third-order valence-corrected chi connectivity index (χ3v) is 5.92. The van der Waals surface area contributed by atoms with E-state index in [9.17, 15) is 4.79 Å². The number of carbonyl (C=O) groups is 1. The molecule has 0 unspecified atom stereocenters. The number of aromatic nitrogens is 2. The molecule has 0 saturated carbocycles. The lowest BCUT2D eigenvalue weighted by Gasteiger charge is -2.32. The first-order chi connectivity index (χ1) is 14.7. The van der Waals surface area contributed by atoms with Crippen molar-refractivity contribution >= 4 is 16.9 Å². The van der Waals surface area contributed by atoms with Gasteiger partial charge in [0, 0.05) is 31.2 Å². The minimum absolute atomic E-state index is 0.0159. The van der Waals surface area contributed by atoms with Gasteiger partial charge in [-0.25, -0.2) is 9.97 Å². The number of likely N-dealkylation sites (tertiary alicyclic amines) is 1. The molecule has 0 spiro atoms. The van der Waals surface area contributed by atoms with Crippen molar-refractivity contribution in [3.8, 4) is 0 Å². The van der Waals surface area contributed by atoms with Crippen LogP contribution in [0.4, 0.5) is 0 Å². The highest BCUT2D eigenvalue weighted by atomic mass is 16.1. The Balaban J connectivity index is 1.37. The molecule has 0 aliphatic carbocycles. The molecule has 5 nitrogen and oxygen atoms in total. The van der Waals surface area contributed by atoms with Gasteiger partial charge in [0.2, 0.25) is 0 Å². The lowest BCUT2D eigenvalue weighted by Crippen LogP contribution is -2.44. The van der Waals surface area contributed by atoms with Crippen molar-refractivity contribution in [2.24, 2.45) is 0 Å². The van der Waals surface area contributed by atoms with Gasteiger partial charge in [0.25, 0.3) is 5.91 Å². The molecule has 1 aromatic heterocycles. The second kappa shape index (κ2) is 9.35. The van der Waals surface area contributed by atoms with Gasteiger partial charge in [0.1, 0.15) is 0 Å². The molecule has 1 aliphatic heterocycles. The Bertz CT molecular complexity index is 1010. The van der Waals surface area contributed by atoms with E-state index in [1.807, 2.05) is 18.2 Å². The SMILES string of the molecule is CCc1nc2ccc(C(=O)NC3CCN(Cc4ccccc4)CC3)cc2nc1CC. The second-order valence-electron chi connectivity index (χ2n) is 8.04. The van der Waals surface area contributed by atoms with Gasteiger partial charge in [-0.15, -0.1) is 0 Å². The summed E-state index contributed by atoms with van der Waals surface area (Å²) in [4.78, 5) is 24.8. The molecule has 2 aromatic carbocycles. The monoisotopic (exact) mass is 402 g/mol. The molecule has 30 heavy (non-hydrogen) atoms. The zero-order valence-electron chi connectivity index (χ0n) is 17.9. The Labute approximate surface area is 178 Å². The van der Waals surface area contributed by atoms with Crippen LogP contribution < -0.4 is 5.32 Å². The summed E-state index contributed by atoms with van der Waals surface area (Å²) in [5.41, 5.74) is 5.73. The van der Waals surface area contributed by atoms with Gasteiger partial charge in [-0.1, -0.05) is 44.2 Å². The molecule has 1 saturated heterocycles. The van der Waals surface area contributed by atoms with E-state index in [1.165, 1.54) is 5.56 Å². The number of carbonyl (C=O) groups excluding carboxylic acids is 1. The minimum Gasteiger partial charge on any atom is -0.349 e. The topological polar surface area (TPSA) is 58.1 Å². The number of amides is 1. The number of hydrogen-bond acceptors (Lipinski definition) is 4. The van der Waals surface area contributed by atoms with Gasteiger partial charge >= 0.3 is 0 Å². The molecule has 2 heterocycles. The highest BCUT2D eigenvalue weighted by molar-refractivity contribution is 5.97. The molecule has 3 aromatic rings. The number of rotatable bonds is 6. The molecule has 5 heteroatoms. The van der Waals surface area contributed by atoms with Crippen LogP contribution in [-0.4, -0.2) is 39.9 Å². The molecule has 1 amide bonds. The third-order valence-electron chi connectivity index (χ3n) is 5.92. The van der Waals surface area contributed by atoms with Crippen molar-refractivity contribution in [1.29, 1.82) is 0 Å². The van der Waals surface area contributed by atoms with E-state index in [0.29, 0.717) is 5.56 Å². The quantitative estimate of drug-likeness (QED) is 0.673. The van der Waals surface area contributed by atoms with Crippen LogP contribution in [0.15, 0.2) is 48.5 Å². The van der Waals surface area contributed by atoms with Crippen LogP contribution in [0.2, 0.25) is 0 Å². The zero-order valence-corrected chi connectivity index (χ0v) is 17.9. The van der Waals surface area contributed by atoms with E-state index >= 15 is 0 Å². The number of fused-ring (bicyclic) bond motifs is 1. The highest BCUT2D eigenvalue weighted by Crippen LogP contribution is 2.18. The van der Waals surface area contributed by atoms with Gasteiger partial charge in [0.05, 0.1) is 22.4 Å². The standard InChI is InChI=1S/C25H30N4O/c1-3-21-22(4-2)28-24-16-19(10-11-23(24)27-21)25(30)26-20-12-14-29(15-13-20)17-18-8-6-5-7-9-18/h5-11,16,20H,3-4,12-15,17H2,1-2H3,(H,26,30). The molecule has 4 rings (SSSR count).